The van der Waals surface area contributed by atoms with Crippen LogP contribution in [-0.4, -0.2) is 35.5 Å². The molecule has 2 aliphatic heterocycles. The maximum Gasteiger partial charge on any atom is 0.222 e. The van der Waals surface area contributed by atoms with Gasteiger partial charge in [0.15, 0.2) is 11.6 Å². The highest BCUT2D eigenvalue weighted by Crippen LogP contribution is 2.31. The third kappa shape index (κ3) is 4.22. The molecule has 5 nitrogen and oxygen atoms in total. The van der Waals surface area contributed by atoms with Crippen molar-refractivity contribution >= 4 is 27.7 Å². The van der Waals surface area contributed by atoms with Gasteiger partial charge in [-0.05, 0) is 24.1 Å². The van der Waals surface area contributed by atoms with E-state index in [-0.39, 0.29) is 5.91 Å². The lowest BCUT2D eigenvalue weighted by Gasteiger charge is -2.35. The second kappa shape index (κ2) is 7.82. The maximum atomic E-state index is 12.5. The average Bonchev–Trinajstić information content (AvgIpc) is 3.11. The molecule has 0 aromatic heterocycles. The van der Waals surface area contributed by atoms with Crippen LogP contribution in [0, 0.1) is 0 Å². The number of nitrogens with one attached hydrogen (secondary N) is 1. The molecule has 2 aliphatic rings. The van der Waals surface area contributed by atoms with E-state index in [1.807, 2.05) is 47.4 Å². The molecule has 1 amide bonds. The molecule has 0 unspecified atom stereocenters. The molecule has 1 fully saturated rings. The summed E-state index contributed by atoms with van der Waals surface area (Å²) in [6.07, 6.45) is 2.73. The summed E-state index contributed by atoms with van der Waals surface area (Å²) >= 11 is 3.48. The summed E-state index contributed by atoms with van der Waals surface area (Å²) < 4.78 is 1.00. The van der Waals surface area contributed by atoms with E-state index >= 15 is 0 Å². The van der Waals surface area contributed by atoms with E-state index in [1.165, 1.54) is 5.56 Å². The number of aliphatic imine (C=N–C) groups is 1. The average molecular weight is 428 g/mol. The molecule has 140 valence electrons. The zero-order chi connectivity index (χ0) is 18.7. The number of benzene rings is 2. The Morgan fingerprint density at radius 3 is 2.67 bits per heavy atom. The van der Waals surface area contributed by atoms with Crippen molar-refractivity contribution in [1.82, 2.24) is 10.4 Å². The first-order chi connectivity index (χ1) is 13.1. The lowest BCUT2D eigenvalue weighted by atomic mass is 10.00. The molecule has 1 N–H and O–H groups in total. The van der Waals surface area contributed by atoms with Crippen molar-refractivity contribution in [2.75, 3.05) is 13.1 Å². The van der Waals surface area contributed by atoms with Crippen molar-refractivity contribution in [2.24, 2.45) is 4.99 Å². The van der Waals surface area contributed by atoms with Crippen LogP contribution in [0.15, 0.2) is 64.1 Å². The number of halogens is 1. The first-order valence-electron chi connectivity index (χ1n) is 9.25. The summed E-state index contributed by atoms with van der Waals surface area (Å²) in [4.78, 5) is 25.1. The number of aryl methyl sites for hydroxylation is 1. The molecule has 4 rings (SSSR count). The monoisotopic (exact) mass is 427 g/mol. The Labute approximate surface area is 167 Å². The lowest BCUT2D eigenvalue weighted by Crippen LogP contribution is -2.46. The first-order valence-corrected chi connectivity index (χ1v) is 10.0. The number of carbonyl (C=O) groups is 1. The maximum absolute atomic E-state index is 12.5. The van der Waals surface area contributed by atoms with Gasteiger partial charge in [-0.15, -0.1) is 0 Å². The third-order valence-electron chi connectivity index (χ3n) is 5.12. The Balaban J connectivity index is 1.34. The van der Waals surface area contributed by atoms with Crippen LogP contribution < -0.4 is 5.48 Å². The van der Waals surface area contributed by atoms with Gasteiger partial charge in [-0.3, -0.25) is 4.79 Å². The molecule has 0 saturated carbocycles. The summed E-state index contributed by atoms with van der Waals surface area (Å²) in [5.74, 6) is 0.955. The van der Waals surface area contributed by atoms with Crippen LogP contribution in [0.3, 0.4) is 0 Å². The summed E-state index contributed by atoms with van der Waals surface area (Å²) in [6, 6.07) is 18.1. The molecule has 2 aromatic rings. The van der Waals surface area contributed by atoms with Gasteiger partial charge in [0.25, 0.3) is 0 Å². The van der Waals surface area contributed by atoms with Gasteiger partial charge in [0, 0.05) is 42.4 Å². The second-order valence-electron chi connectivity index (χ2n) is 6.99. The summed E-state index contributed by atoms with van der Waals surface area (Å²) in [5, 5.41) is 0. The molecule has 0 bridgehead atoms. The van der Waals surface area contributed by atoms with Crippen LogP contribution >= 0.6 is 15.9 Å². The third-order valence-corrected chi connectivity index (χ3v) is 5.61. The number of rotatable bonds is 4. The smallest absolute Gasteiger partial charge is 0.222 e. The van der Waals surface area contributed by atoms with Crippen LogP contribution in [0.1, 0.15) is 30.4 Å². The standard InChI is InChI=1S/C21H22BrN3O2/c22-18-8-4-7-17(15-18)20-23-21(27-24-20)11-13-25(14-12-21)19(26)10-9-16-5-2-1-3-6-16/h1-8,15H,9-14H2,(H,23,24). The number of piperidine rings is 1. The molecule has 1 spiro atoms. The molecule has 1 saturated heterocycles. The molecule has 6 heteroatoms. The van der Waals surface area contributed by atoms with Gasteiger partial charge < -0.3 is 4.90 Å². The van der Waals surface area contributed by atoms with E-state index in [0.29, 0.717) is 32.4 Å². The van der Waals surface area contributed by atoms with E-state index in [1.54, 1.807) is 0 Å². The summed E-state index contributed by atoms with van der Waals surface area (Å²) in [7, 11) is 0. The van der Waals surface area contributed by atoms with Crippen LogP contribution in [0.5, 0.6) is 0 Å². The van der Waals surface area contributed by atoms with Crippen molar-refractivity contribution in [3.63, 3.8) is 0 Å². The van der Waals surface area contributed by atoms with E-state index in [9.17, 15) is 4.79 Å². The number of carbonyl (C=O) groups excluding carboxylic acids is 1. The van der Waals surface area contributed by atoms with Crippen molar-refractivity contribution < 1.29 is 9.63 Å². The van der Waals surface area contributed by atoms with E-state index < -0.39 is 5.72 Å². The lowest BCUT2D eigenvalue weighted by molar-refractivity contribution is -0.139. The van der Waals surface area contributed by atoms with Gasteiger partial charge >= 0.3 is 0 Å². The van der Waals surface area contributed by atoms with E-state index in [2.05, 4.69) is 33.5 Å². The molecule has 0 aliphatic carbocycles. The van der Waals surface area contributed by atoms with Crippen LogP contribution in [-0.2, 0) is 16.1 Å². The fraction of sp³-hybridized carbons (Fsp3) is 0.333. The number of amides is 1. The van der Waals surface area contributed by atoms with Gasteiger partial charge in [-0.1, -0.05) is 58.4 Å². The van der Waals surface area contributed by atoms with Crippen molar-refractivity contribution in [3.05, 3.63) is 70.2 Å². The molecular formula is C21H22BrN3O2. The van der Waals surface area contributed by atoms with Crippen LogP contribution in [0.2, 0.25) is 0 Å². The van der Waals surface area contributed by atoms with Crippen molar-refractivity contribution in [1.29, 1.82) is 0 Å². The van der Waals surface area contributed by atoms with Gasteiger partial charge in [0.2, 0.25) is 5.91 Å². The Morgan fingerprint density at radius 1 is 1.15 bits per heavy atom. The minimum absolute atomic E-state index is 0.204. The Kier molecular flexibility index (Phi) is 5.27. The summed E-state index contributed by atoms with van der Waals surface area (Å²) in [5.41, 5.74) is 4.60. The molecule has 0 radical (unpaired) electrons. The Morgan fingerprint density at radius 2 is 1.93 bits per heavy atom. The van der Waals surface area contributed by atoms with Gasteiger partial charge in [-0.25, -0.2) is 15.3 Å². The highest BCUT2D eigenvalue weighted by molar-refractivity contribution is 9.10. The fourth-order valence-electron chi connectivity index (χ4n) is 3.53. The number of amidine groups is 1. The molecule has 2 aromatic carbocycles. The number of hydrogen-bond donors (Lipinski definition) is 1. The second-order valence-corrected chi connectivity index (χ2v) is 7.90. The highest BCUT2D eigenvalue weighted by atomic mass is 79.9. The number of hydrogen-bond acceptors (Lipinski definition) is 4. The molecule has 27 heavy (non-hydrogen) atoms. The van der Waals surface area contributed by atoms with E-state index in [4.69, 9.17) is 9.83 Å². The fourth-order valence-corrected chi connectivity index (χ4v) is 3.92. The van der Waals surface area contributed by atoms with Gasteiger partial charge in [0.1, 0.15) is 0 Å². The largest absolute Gasteiger partial charge is 0.342 e. The minimum atomic E-state index is -0.562. The predicted octanol–water partition coefficient (Wildman–Crippen LogP) is 3.68. The first kappa shape index (κ1) is 18.2. The minimum Gasteiger partial charge on any atom is -0.342 e. The predicted molar refractivity (Wildman–Crippen MR) is 108 cm³/mol. The number of nitrogens with zero attached hydrogens (tertiary/aromatic N) is 2. The normalized spacial score (nSPS) is 18.3. The van der Waals surface area contributed by atoms with Gasteiger partial charge in [0.05, 0.1) is 0 Å². The zero-order valence-electron chi connectivity index (χ0n) is 15.0. The summed E-state index contributed by atoms with van der Waals surface area (Å²) in [6.45, 7) is 1.34. The van der Waals surface area contributed by atoms with Crippen molar-refractivity contribution in [3.8, 4) is 0 Å². The highest BCUT2D eigenvalue weighted by Gasteiger charge is 2.41. The number of hydroxylamine groups is 1. The topological polar surface area (TPSA) is 53.9 Å². The van der Waals surface area contributed by atoms with Crippen LogP contribution in [0.25, 0.3) is 0 Å². The van der Waals surface area contributed by atoms with E-state index in [0.717, 1.165) is 22.3 Å². The number of likely N-dealkylation sites (tertiary alicyclic amines) is 1. The molecule has 2 heterocycles. The molecular weight excluding hydrogens is 406 g/mol. The van der Waals surface area contributed by atoms with Crippen LogP contribution in [0.4, 0.5) is 0 Å². The Bertz CT molecular complexity index is 846. The zero-order valence-corrected chi connectivity index (χ0v) is 16.6. The SMILES string of the molecule is O=C(CCc1ccccc1)N1CCC2(CC1)N=C(c1cccc(Br)c1)NO2. The molecule has 0 atom stereocenters. The Hall–Kier alpha value is -2.18. The van der Waals surface area contributed by atoms with Gasteiger partial charge in [-0.2, -0.15) is 0 Å². The van der Waals surface area contributed by atoms with Crippen molar-refractivity contribution in [2.45, 2.75) is 31.4 Å². The quantitative estimate of drug-likeness (QED) is 0.809.